The highest BCUT2D eigenvalue weighted by Crippen LogP contribution is 2.23. The van der Waals surface area contributed by atoms with Gasteiger partial charge in [0.2, 0.25) is 5.89 Å². The van der Waals surface area contributed by atoms with Crippen LogP contribution in [-0.4, -0.2) is 35.2 Å². The monoisotopic (exact) mass is 337 g/mol. The van der Waals surface area contributed by atoms with Gasteiger partial charge in [0.1, 0.15) is 12.4 Å². The lowest BCUT2D eigenvalue weighted by Crippen LogP contribution is -2.27. The number of nitrogens with zero attached hydrogens (tertiary/aromatic N) is 3. The highest BCUT2D eigenvalue weighted by atomic mass is 35.5. The summed E-state index contributed by atoms with van der Waals surface area (Å²) in [6.07, 6.45) is 0. The Kier molecular flexibility index (Phi) is 5.65. The fourth-order valence-electron chi connectivity index (χ4n) is 1.93. The van der Waals surface area contributed by atoms with E-state index in [0.717, 1.165) is 18.1 Å². The Morgan fingerprint density at radius 2 is 1.91 bits per heavy atom. The molecule has 0 aliphatic rings. The van der Waals surface area contributed by atoms with Crippen LogP contribution in [0.2, 0.25) is 5.02 Å². The van der Waals surface area contributed by atoms with Crippen molar-refractivity contribution >= 4 is 11.6 Å². The third-order valence-electron chi connectivity index (χ3n) is 3.66. The van der Waals surface area contributed by atoms with Crippen molar-refractivity contribution in [3.05, 3.63) is 41.0 Å². The largest absolute Gasteiger partial charge is 0.492 e. The first kappa shape index (κ1) is 17.8. The Morgan fingerprint density at radius 3 is 2.48 bits per heavy atom. The van der Waals surface area contributed by atoms with E-state index in [1.165, 1.54) is 0 Å². The molecule has 0 radical (unpaired) electrons. The first-order valence-corrected chi connectivity index (χ1v) is 8.08. The second kappa shape index (κ2) is 7.32. The second-order valence-electron chi connectivity index (χ2n) is 6.67. The summed E-state index contributed by atoms with van der Waals surface area (Å²) in [6.45, 7) is 9.56. The number of aromatic nitrogens is 2. The van der Waals surface area contributed by atoms with Crippen molar-refractivity contribution in [1.82, 2.24) is 15.0 Å². The average Bonchev–Trinajstić information content (AvgIpc) is 2.98. The molecule has 0 bridgehead atoms. The fourth-order valence-corrected chi connectivity index (χ4v) is 2.06. The molecule has 0 fully saturated rings. The number of ether oxygens (including phenoxy) is 1. The average molecular weight is 338 g/mol. The topological polar surface area (TPSA) is 51.4 Å². The predicted molar refractivity (Wildman–Crippen MR) is 91.0 cm³/mol. The lowest BCUT2D eigenvalue weighted by molar-refractivity contribution is 0.173. The molecule has 2 aromatic rings. The highest BCUT2D eigenvalue weighted by Gasteiger charge is 2.24. The van der Waals surface area contributed by atoms with Gasteiger partial charge in [0.25, 0.3) is 0 Å². The SMILES string of the molecule is CC(c1nc(C(C)(C)C)no1)N(C)CCOc1ccc(Cl)cc1. The van der Waals surface area contributed by atoms with E-state index >= 15 is 0 Å². The number of halogens is 1. The van der Waals surface area contributed by atoms with Crippen molar-refractivity contribution in [2.24, 2.45) is 0 Å². The lowest BCUT2D eigenvalue weighted by Gasteiger charge is -2.21. The first-order valence-electron chi connectivity index (χ1n) is 7.70. The number of hydrogen-bond acceptors (Lipinski definition) is 5. The minimum atomic E-state index is -0.113. The molecule has 1 unspecified atom stereocenters. The number of likely N-dealkylation sites (N-methyl/N-ethyl adjacent to an activating group) is 1. The Morgan fingerprint density at radius 1 is 1.26 bits per heavy atom. The van der Waals surface area contributed by atoms with Crippen LogP contribution >= 0.6 is 11.6 Å². The summed E-state index contributed by atoms with van der Waals surface area (Å²) in [4.78, 5) is 6.62. The van der Waals surface area contributed by atoms with Crippen molar-refractivity contribution < 1.29 is 9.26 Å². The van der Waals surface area contributed by atoms with Gasteiger partial charge in [0, 0.05) is 17.0 Å². The van der Waals surface area contributed by atoms with Crippen LogP contribution in [0.15, 0.2) is 28.8 Å². The van der Waals surface area contributed by atoms with Gasteiger partial charge in [-0.2, -0.15) is 4.98 Å². The highest BCUT2D eigenvalue weighted by molar-refractivity contribution is 6.30. The molecule has 2 rings (SSSR count). The van der Waals surface area contributed by atoms with Gasteiger partial charge in [-0.05, 0) is 38.2 Å². The maximum Gasteiger partial charge on any atom is 0.243 e. The zero-order chi connectivity index (χ0) is 17.0. The van der Waals surface area contributed by atoms with Crippen LogP contribution < -0.4 is 4.74 Å². The van der Waals surface area contributed by atoms with Crippen LogP contribution in [0.4, 0.5) is 0 Å². The molecule has 0 N–H and O–H groups in total. The molecule has 0 saturated carbocycles. The summed E-state index contributed by atoms with van der Waals surface area (Å²) in [7, 11) is 2.01. The van der Waals surface area contributed by atoms with Crippen molar-refractivity contribution in [3.8, 4) is 5.75 Å². The third-order valence-corrected chi connectivity index (χ3v) is 3.91. The normalized spacial score (nSPS) is 13.3. The Bertz CT molecular complexity index is 620. The molecule has 126 valence electrons. The zero-order valence-electron chi connectivity index (χ0n) is 14.3. The molecule has 6 heteroatoms. The smallest absolute Gasteiger partial charge is 0.243 e. The summed E-state index contributed by atoms with van der Waals surface area (Å²) in [5.74, 6) is 2.16. The van der Waals surface area contributed by atoms with Crippen LogP contribution in [-0.2, 0) is 5.41 Å². The third kappa shape index (κ3) is 4.94. The van der Waals surface area contributed by atoms with Crippen molar-refractivity contribution in [2.45, 2.75) is 39.2 Å². The van der Waals surface area contributed by atoms with Gasteiger partial charge in [0.05, 0.1) is 6.04 Å². The summed E-state index contributed by atoms with van der Waals surface area (Å²) in [5.41, 5.74) is -0.113. The fraction of sp³-hybridized carbons (Fsp3) is 0.529. The van der Waals surface area contributed by atoms with E-state index in [-0.39, 0.29) is 11.5 Å². The maximum absolute atomic E-state index is 5.85. The van der Waals surface area contributed by atoms with Crippen LogP contribution in [0.5, 0.6) is 5.75 Å². The molecule has 23 heavy (non-hydrogen) atoms. The molecule has 5 nitrogen and oxygen atoms in total. The van der Waals surface area contributed by atoms with Crippen LogP contribution in [0.1, 0.15) is 45.5 Å². The van der Waals surface area contributed by atoms with E-state index in [4.69, 9.17) is 20.9 Å². The van der Waals surface area contributed by atoms with Crippen molar-refractivity contribution in [2.75, 3.05) is 20.2 Å². The lowest BCUT2D eigenvalue weighted by atomic mass is 9.96. The van der Waals surface area contributed by atoms with E-state index in [9.17, 15) is 0 Å². The molecule has 1 aromatic heterocycles. The molecule has 0 aliphatic heterocycles. The summed E-state index contributed by atoms with van der Waals surface area (Å²) >= 11 is 5.85. The van der Waals surface area contributed by atoms with Crippen molar-refractivity contribution in [1.29, 1.82) is 0 Å². The van der Waals surface area contributed by atoms with Gasteiger partial charge in [-0.1, -0.05) is 37.5 Å². The molecule has 0 saturated heterocycles. The van der Waals surface area contributed by atoms with E-state index in [0.29, 0.717) is 17.5 Å². The molecule has 0 aliphatic carbocycles. The number of rotatable bonds is 6. The van der Waals surface area contributed by atoms with E-state index in [1.54, 1.807) is 0 Å². The van der Waals surface area contributed by atoms with Gasteiger partial charge in [-0.25, -0.2) is 0 Å². The minimum absolute atomic E-state index is 0.0346. The van der Waals surface area contributed by atoms with Crippen LogP contribution in [0.25, 0.3) is 0 Å². The van der Waals surface area contributed by atoms with Crippen LogP contribution in [0.3, 0.4) is 0 Å². The summed E-state index contributed by atoms with van der Waals surface area (Å²) < 4.78 is 11.1. The van der Waals surface area contributed by atoms with E-state index < -0.39 is 0 Å². The summed E-state index contributed by atoms with van der Waals surface area (Å²) in [5, 5.41) is 4.77. The minimum Gasteiger partial charge on any atom is -0.492 e. The van der Waals surface area contributed by atoms with Gasteiger partial charge < -0.3 is 9.26 Å². The molecule has 0 spiro atoms. The second-order valence-corrected chi connectivity index (χ2v) is 7.10. The Hall–Kier alpha value is -1.59. The number of hydrogen-bond donors (Lipinski definition) is 0. The zero-order valence-corrected chi connectivity index (χ0v) is 15.1. The molecule has 1 atom stereocenters. The van der Waals surface area contributed by atoms with Crippen LogP contribution in [0, 0.1) is 0 Å². The molecule has 0 amide bonds. The van der Waals surface area contributed by atoms with Gasteiger partial charge in [0.15, 0.2) is 5.82 Å². The molecule has 1 aromatic carbocycles. The van der Waals surface area contributed by atoms with Gasteiger partial charge in [-0.15, -0.1) is 0 Å². The van der Waals surface area contributed by atoms with Gasteiger partial charge >= 0.3 is 0 Å². The maximum atomic E-state index is 5.85. The summed E-state index contributed by atoms with van der Waals surface area (Å²) in [6, 6.07) is 7.39. The van der Waals surface area contributed by atoms with E-state index in [1.807, 2.05) is 38.2 Å². The van der Waals surface area contributed by atoms with Gasteiger partial charge in [-0.3, -0.25) is 4.90 Å². The molecular formula is C17H24ClN3O2. The van der Waals surface area contributed by atoms with Crippen molar-refractivity contribution in [3.63, 3.8) is 0 Å². The number of benzene rings is 1. The Balaban J connectivity index is 1.86. The standard InChI is InChI=1S/C17H24ClN3O2/c1-12(15-19-16(20-23-15)17(2,3)4)21(5)10-11-22-14-8-6-13(18)7-9-14/h6-9,12H,10-11H2,1-5H3. The van der Waals surface area contributed by atoms with E-state index in [2.05, 4.69) is 35.8 Å². The first-order chi connectivity index (χ1) is 10.8. The molecular weight excluding hydrogens is 314 g/mol. The Labute approximate surface area is 142 Å². The predicted octanol–water partition coefficient (Wildman–Crippen LogP) is 4.09. The molecule has 1 heterocycles. The quantitative estimate of drug-likeness (QED) is 0.794.